The van der Waals surface area contributed by atoms with Gasteiger partial charge in [0.15, 0.2) is 0 Å². The smallest absolute Gasteiger partial charge is 0.0729 e. The van der Waals surface area contributed by atoms with Gasteiger partial charge in [0.1, 0.15) is 0 Å². The zero-order chi connectivity index (χ0) is 14.5. The molecule has 0 radical (unpaired) electrons. The fourth-order valence-electron chi connectivity index (χ4n) is 4.99. The summed E-state index contributed by atoms with van der Waals surface area (Å²) in [7, 11) is 2.18. The summed E-state index contributed by atoms with van der Waals surface area (Å²) < 4.78 is 11.8. The number of hydrogen-bond acceptors (Lipinski definition) is 3. The number of hydrogen-bond donors (Lipinski definition) is 1. The lowest BCUT2D eigenvalue weighted by Crippen LogP contribution is -2.50. The van der Waals surface area contributed by atoms with Gasteiger partial charge in [0.05, 0.1) is 5.60 Å². The molecule has 1 spiro atoms. The van der Waals surface area contributed by atoms with Crippen LogP contribution in [0.3, 0.4) is 0 Å². The molecule has 0 aromatic carbocycles. The summed E-state index contributed by atoms with van der Waals surface area (Å²) in [5, 5.41) is 3.70. The van der Waals surface area contributed by atoms with Gasteiger partial charge in [0.2, 0.25) is 0 Å². The van der Waals surface area contributed by atoms with Crippen molar-refractivity contribution in [3.05, 3.63) is 0 Å². The van der Waals surface area contributed by atoms with E-state index < -0.39 is 0 Å². The van der Waals surface area contributed by atoms with Gasteiger partial charge in [-0.1, -0.05) is 25.7 Å². The van der Waals surface area contributed by atoms with E-state index in [2.05, 4.69) is 12.4 Å². The van der Waals surface area contributed by atoms with Crippen LogP contribution in [0, 0.1) is 11.8 Å². The minimum absolute atomic E-state index is 0.140. The normalized spacial score (nSPS) is 32.7. The van der Waals surface area contributed by atoms with Gasteiger partial charge in [0.25, 0.3) is 0 Å². The van der Waals surface area contributed by atoms with E-state index in [1.165, 1.54) is 51.4 Å². The molecular formula is C18H33NO2. The number of nitrogens with one attached hydrogen (secondary N) is 1. The van der Waals surface area contributed by atoms with Crippen LogP contribution in [0.4, 0.5) is 0 Å². The maximum absolute atomic E-state index is 6.24. The Labute approximate surface area is 130 Å². The molecule has 0 amide bonds. The number of ether oxygens (including phenoxy) is 2. The Morgan fingerprint density at radius 1 is 0.905 bits per heavy atom. The zero-order valence-corrected chi connectivity index (χ0v) is 13.7. The fourth-order valence-corrected chi connectivity index (χ4v) is 4.99. The lowest BCUT2D eigenvalue weighted by molar-refractivity contribution is -0.151. The summed E-state index contributed by atoms with van der Waals surface area (Å²) in [6, 6.07) is 0.701. The van der Waals surface area contributed by atoms with Gasteiger partial charge in [-0.3, -0.25) is 0 Å². The van der Waals surface area contributed by atoms with Crippen LogP contribution in [0.25, 0.3) is 0 Å². The first kappa shape index (κ1) is 15.8. The topological polar surface area (TPSA) is 30.5 Å². The van der Waals surface area contributed by atoms with Crippen molar-refractivity contribution in [2.75, 3.05) is 26.9 Å². The summed E-state index contributed by atoms with van der Waals surface area (Å²) in [5.74, 6) is 1.68. The highest BCUT2D eigenvalue weighted by atomic mass is 16.5. The summed E-state index contributed by atoms with van der Waals surface area (Å²) in [4.78, 5) is 0. The Hall–Kier alpha value is -0.120. The second-order valence-corrected chi connectivity index (χ2v) is 7.46. The summed E-state index contributed by atoms with van der Waals surface area (Å²) in [6.45, 7) is 2.73. The van der Waals surface area contributed by atoms with Crippen LogP contribution in [-0.4, -0.2) is 38.5 Å². The van der Waals surface area contributed by atoms with Gasteiger partial charge in [-0.05, 0) is 57.4 Å². The largest absolute Gasteiger partial charge is 0.381 e. The van der Waals surface area contributed by atoms with Crippen molar-refractivity contribution in [2.45, 2.75) is 75.9 Å². The molecule has 1 aliphatic carbocycles. The molecule has 2 unspecified atom stereocenters. The predicted molar refractivity (Wildman–Crippen MR) is 85.5 cm³/mol. The second kappa shape index (κ2) is 7.43. The molecule has 3 heteroatoms. The zero-order valence-electron chi connectivity index (χ0n) is 13.7. The molecule has 1 saturated carbocycles. The highest BCUT2D eigenvalue weighted by Crippen LogP contribution is 2.41. The van der Waals surface area contributed by atoms with Gasteiger partial charge in [0, 0.05) is 25.9 Å². The molecule has 3 fully saturated rings. The van der Waals surface area contributed by atoms with E-state index in [9.17, 15) is 0 Å². The monoisotopic (exact) mass is 295 g/mol. The van der Waals surface area contributed by atoms with E-state index in [1.54, 1.807) is 0 Å². The Balaban J connectivity index is 1.64. The third-order valence-corrected chi connectivity index (χ3v) is 6.18. The van der Waals surface area contributed by atoms with E-state index in [1.807, 2.05) is 0 Å². The highest BCUT2D eigenvalue weighted by Gasteiger charge is 2.42. The molecule has 0 bridgehead atoms. The van der Waals surface area contributed by atoms with Crippen molar-refractivity contribution in [3.63, 3.8) is 0 Å². The van der Waals surface area contributed by atoms with Crippen molar-refractivity contribution in [3.8, 4) is 0 Å². The van der Waals surface area contributed by atoms with Gasteiger partial charge < -0.3 is 14.8 Å². The third-order valence-electron chi connectivity index (χ3n) is 6.18. The minimum Gasteiger partial charge on any atom is -0.381 e. The van der Waals surface area contributed by atoms with E-state index >= 15 is 0 Å². The van der Waals surface area contributed by atoms with Gasteiger partial charge in [-0.15, -0.1) is 0 Å². The number of rotatable bonds is 3. The molecule has 21 heavy (non-hydrogen) atoms. The van der Waals surface area contributed by atoms with Crippen LogP contribution in [0.5, 0.6) is 0 Å². The van der Waals surface area contributed by atoms with Crippen molar-refractivity contribution >= 4 is 0 Å². The molecule has 3 aliphatic rings. The van der Waals surface area contributed by atoms with E-state index in [0.717, 1.165) is 44.5 Å². The minimum atomic E-state index is 0.140. The Morgan fingerprint density at radius 2 is 1.62 bits per heavy atom. The molecule has 0 aromatic heterocycles. The van der Waals surface area contributed by atoms with Crippen molar-refractivity contribution in [1.82, 2.24) is 5.32 Å². The van der Waals surface area contributed by atoms with E-state index in [0.29, 0.717) is 6.04 Å². The van der Waals surface area contributed by atoms with Gasteiger partial charge >= 0.3 is 0 Å². The van der Waals surface area contributed by atoms with Crippen molar-refractivity contribution in [1.29, 1.82) is 0 Å². The fraction of sp³-hybridized carbons (Fsp3) is 1.00. The van der Waals surface area contributed by atoms with Crippen molar-refractivity contribution in [2.24, 2.45) is 11.8 Å². The van der Waals surface area contributed by atoms with Crippen LogP contribution in [0.2, 0.25) is 0 Å². The summed E-state index contributed by atoms with van der Waals surface area (Å²) >= 11 is 0. The highest BCUT2D eigenvalue weighted by molar-refractivity contribution is 4.94. The predicted octanol–water partition coefficient (Wildman–Crippen LogP) is 3.52. The second-order valence-electron chi connectivity index (χ2n) is 7.46. The van der Waals surface area contributed by atoms with Crippen LogP contribution >= 0.6 is 0 Å². The molecular weight excluding hydrogens is 262 g/mol. The first-order chi connectivity index (χ1) is 10.3. The lowest BCUT2D eigenvalue weighted by Gasteiger charge is -2.46. The molecule has 2 aliphatic heterocycles. The average molecular weight is 295 g/mol. The molecule has 2 atom stereocenters. The molecule has 2 saturated heterocycles. The van der Waals surface area contributed by atoms with Crippen molar-refractivity contribution < 1.29 is 9.47 Å². The molecule has 3 nitrogen and oxygen atoms in total. The SMILES string of the molecule is CNC(C1CCCCCC1)C1CCOC2(CCOCC2)C1. The quantitative estimate of drug-likeness (QED) is 0.808. The van der Waals surface area contributed by atoms with Crippen LogP contribution in [0.1, 0.15) is 64.2 Å². The summed E-state index contributed by atoms with van der Waals surface area (Å²) in [6.07, 6.45) is 13.3. The molecule has 122 valence electrons. The maximum Gasteiger partial charge on any atom is 0.0729 e. The Bertz CT molecular complexity index is 301. The first-order valence-electron chi connectivity index (χ1n) is 9.22. The molecule has 0 aromatic rings. The standard InChI is InChI=1S/C18H33NO2/c1-19-17(15-6-4-2-3-5-7-15)16-8-11-21-18(14-16)9-12-20-13-10-18/h15-17,19H,2-14H2,1H3. The van der Waals surface area contributed by atoms with Crippen LogP contribution in [0.15, 0.2) is 0 Å². The lowest BCUT2D eigenvalue weighted by atomic mass is 9.73. The van der Waals surface area contributed by atoms with E-state index in [-0.39, 0.29) is 5.60 Å². The average Bonchev–Trinajstić information content (AvgIpc) is 2.78. The third kappa shape index (κ3) is 3.80. The van der Waals surface area contributed by atoms with Gasteiger partial charge in [-0.25, -0.2) is 0 Å². The molecule has 2 heterocycles. The van der Waals surface area contributed by atoms with Gasteiger partial charge in [-0.2, -0.15) is 0 Å². The van der Waals surface area contributed by atoms with Crippen LogP contribution < -0.4 is 5.32 Å². The van der Waals surface area contributed by atoms with E-state index in [4.69, 9.17) is 9.47 Å². The summed E-state index contributed by atoms with van der Waals surface area (Å²) in [5.41, 5.74) is 0.140. The Kier molecular flexibility index (Phi) is 5.58. The Morgan fingerprint density at radius 3 is 2.29 bits per heavy atom. The first-order valence-corrected chi connectivity index (χ1v) is 9.22. The molecule has 1 N–H and O–H groups in total. The molecule has 3 rings (SSSR count). The van der Waals surface area contributed by atoms with Crippen LogP contribution in [-0.2, 0) is 9.47 Å². The maximum atomic E-state index is 6.24.